The van der Waals surface area contributed by atoms with E-state index in [1.165, 1.54) is 21.0 Å². The van der Waals surface area contributed by atoms with Crippen LogP contribution in [0, 0.1) is 13.8 Å². The summed E-state index contributed by atoms with van der Waals surface area (Å²) in [4.78, 5) is 5.03. The van der Waals surface area contributed by atoms with Crippen LogP contribution in [0.1, 0.15) is 29.4 Å². The minimum absolute atomic E-state index is 0.278. The predicted molar refractivity (Wildman–Crippen MR) is 117 cm³/mol. The van der Waals surface area contributed by atoms with Gasteiger partial charge in [0.05, 0.1) is 21.7 Å². The van der Waals surface area contributed by atoms with Gasteiger partial charge in [-0.3, -0.25) is 0 Å². The third-order valence-corrected chi connectivity index (χ3v) is 7.68. The van der Waals surface area contributed by atoms with Gasteiger partial charge in [-0.25, -0.2) is 17.7 Å². The Morgan fingerprint density at radius 2 is 1.82 bits per heavy atom. The number of benzene rings is 2. The van der Waals surface area contributed by atoms with Crippen molar-refractivity contribution in [2.24, 2.45) is 0 Å². The highest BCUT2D eigenvalue weighted by Crippen LogP contribution is 2.26. The van der Waals surface area contributed by atoms with Gasteiger partial charge in [-0.15, -0.1) is 11.8 Å². The molecular weight excluding hydrogens is 390 g/mol. The fourth-order valence-electron chi connectivity index (χ4n) is 3.20. The van der Waals surface area contributed by atoms with Gasteiger partial charge in [0, 0.05) is 26.4 Å². The fraction of sp³-hybridized carbons (Fsp3) is 0.381. The van der Waals surface area contributed by atoms with Crippen LogP contribution in [0.2, 0.25) is 0 Å². The summed E-state index contributed by atoms with van der Waals surface area (Å²) in [6.07, 6.45) is 0. The Labute approximate surface area is 171 Å². The largest absolute Gasteiger partial charge is 0.328 e. The molecule has 2 aromatic carbocycles. The Kier molecular flexibility index (Phi) is 6.17. The van der Waals surface area contributed by atoms with Crippen molar-refractivity contribution in [2.45, 2.75) is 43.7 Å². The molecule has 0 aliphatic heterocycles. The molecule has 5 nitrogen and oxygen atoms in total. The molecule has 0 aliphatic rings. The van der Waals surface area contributed by atoms with Crippen LogP contribution in [0.15, 0.2) is 41.3 Å². The highest BCUT2D eigenvalue weighted by atomic mass is 32.2. The second-order valence-electron chi connectivity index (χ2n) is 7.13. The quantitative estimate of drug-likeness (QED) is 0.573. The number of aryl methyl sites for hydroxylation is 3. The third-order valence-electron chi connectivity index (χ3n) is 4.89. The summed E-state index contributed by atoms with van der Waals surface area (Å²) in [5, 5.41) is 0. The maximum Gasteiger partial charge on any atom is 0.242 e. The SMILES string of the molecule is CCn1c(CSCc2cc(C)ccc2C)nc2cc(S(=O)(=O)N(C)C)ccc21. The minimum atomic E-state index is -3.46. The van der Waals surface area contributed by atoms with Crippen LogP contribution in [-0.4, -0.2) is 36.4 Å². The zero-order valence-corrected chi connectivity index (χ0v) is 18.7. The Balaban J connectivity index is 1.86. The normalized spacial score (nSPS) is 12.2. The van der Waals surface area contributed by atoms with Crippen molar-refractivity contribution in [3.05, 3.63) is 58.9 Å². The highest BCUT2D eigenvalue weighted by molar-refractivity contribution is 7.97. The second-order valence-corrected chi connectivity index (χ2v) is 10.3. The van der Waals surface area contributed by atoms with Crippen molar-refractivity contribution >= 4 is 32.8 Å². The topological polar surface area (TPSA) is 55.2 Å². The van der Waals surface area contributed by atoms with E-state index < -0.39 is 10.0 Å². The van der Waals surface area contributed by atoms with Crippen LogP contribution in [0.3, 0.4) is 0 Å². The van der Waals surface area contributed by atoms with Crippen LogP contribution in [0.5, 0.6) is 0 Å². The molecule has 0 radical (unpaired) electrons. The van der Waals surface area contributed by atoms with Crippen LogP contribution < -0.4 is 0 Å². The molecule has 0 atom stereocenters. The number of fused-ring (bicyclic) bond motifs is 1. The van der Waals surface area contributed by atoms with Gasteiger partial charge in [-0.05, 0) is 50.1 Å². The molecule has 0 unspecified atom stereocenters. The van der Waals surface area contributed by atoms with Crippen molar-refractivity contribution < 1.29 is 8.42 Å². The minimum Gasteiger partial charge on any atom is -0.328 e. The lowest BCUT2D eigenvalue weighted by molar-refractivity contribution is 0.521. The Morgan fingerprint density at radius 3 is 2.50 bits per heavy atom. The molecular formula is C21H27N3O2S2. The lowest BCUT2D eigenvalue weighted by Gasteiger charge is -2.11. The molecule has 28 heavy (non-hydrogen) atoms. The van der Waals surface area contributed by atoms with Gasteiger partial charge in [0.15, 0.2) is 0 Å². The van der Waals surface area contributed by atoms with Gasteiger partial charge in [-0.1, -0.05) is 23.8 Å². The van der Waals surface area contributed by atoms with E-state index in [1.54, 1.807) is 26.2 Å². The summed E-state index contributed by atoms with van der Waals surface area (Å²) in [5.41, 5.74) is 5.63. The molecule has 0 amide bonds. The van der Waals surface area contributed by atoms with Gasteiger partial charge in [-0.2, -0.15) is 0 Å². The number of hydrogen-bond acceptors (Lipinski definition) is 4. The first kappa shape index (κ1) is 20.9. The van der Waals surface area contributed by atoms with Gasteiger partial charge >= 0.3 is 0 Å². The van der Waals surface area contributed by atoms with Crippen molar-refractivity contribution in [1.82, 2.24) is 13.9 Å². The molecule has 0 saturated carbocycles. The Morgan fingerprint density at radius 1 is 1.07 bits per heavy atom. The number of rotatable bonds is 7. The van der Waals surface area contributed by atoms with Crippen molar-refractivity contribution in [1.29, 1.82) is 0 Å². The summed E-state index contributed by atoms with van der Waals surface area (Å²) >= 11 is 1.83. The Bertz CT molecular complexity index is 1100. The summed E-state index contributed by atoms with van der Waals surface area (Å²) in [7, 11) is -0.379. The summed E-state index contributed by atoms with van der Waals surface area (Å²) in [6, 6.07) is 11.7. The summed E-state index contributed by atoms with van der Waals surface area (Å²) in [6.45, 7) is 7.15. The first-order chi connectivity index (χ1) is 13.2. The number of nitrogens with zero attached hydrogens (tertiary/aromatic N) is 3. The fourth-order valence-corrected chi connectivity index (χ4v) is 5.16. The number of sulfonamides is 1. The van der Waals surface area contributed by atoms with Crippen molar-refractivity contribution in [2.75, 3.05) is 14.1 Å². The lowest BCUT2D eigenvalue weighted by Crippen LogP contribution is -2.22. The molecule has 3 aromatic rings. The molecule has 1 aromatic heterocycles. The zero-order chi connectivity index (χ0) is 20.5. The number of aromatic nitrogens is 2. The lowest BCUT2D eigenvalue weighted by atomic mass is 10.1. The maximum atomic E-state index is 12.4. The predicted octanol–water partition coefficient (Wildman–Crippen LogP) is 4.36. The zero-order valence-electron chi connectivity index (χ0n) is 17.1. The van der Waals surface area contributed by atoms with Crippen LogP contribution in [0.4, 0.5) is 0 Å². The number of hydrogen-bond donors (Lipinski definition) is 0. The highest BCUT2D eigenvalue weighted by Gasteiger charge is 2.19. The van der Waals surface area contributed by atoms with E-state index in [0.717, 1.165) is 34.9 Å². The van der Waals surface area contributed by atoms with Gasteiger partial charge in [0.2, 0.25) is 10.0 Å². The standard InChI is InChI=1S/C21H27N3O2S2/c1-6-24-20-10-9-18(28(25,26)23(4)5)12-19(20)22-21(24)14-27-13-17-11-15(2)7-8-16(17)3/h7-12H,6,13-14H2,1-5H3. The smallest absolute Gasteiger partial charge is 0.242 e. The van der Waals surface area contributed by atoms with Crippen molar-refractivity contribution in [3.63, 3.8) is 0 Å². The summed E-state index contributed by atoms with van der Waals surface area (Å²) in [5.74, 6) is 2.69. The van der Waals surface area contributed by atoms with Gasteiger partial charge < -0.3 is 4.57 Å². The monoisotopic (exact) mass is 417 g/mol. The molecule has 0 N–H and O–H groups in total. The maximum absolute atomic E-state index is 12.4. The first-order valence-corrected chi connectivity index (χ1v) is 11.9. The van der Waals surface area contributed by atoms with E-state index in [-0.39, 0.29) is 4.90 Å². The average Bonchev–Trinajstić information content (AvgIpc) is 3.00. The van der Waals surface area contributed by atoms with Gasteiger partial charge in [0.1, 0.15) is 5.82 Å². The molecule has 150 valence electrons. The number of imidazole rings is 1. The Hall–Kier alpha value is -1.83. The third kappa shape index (κ3) is 4.11. The van der Waals surface area contributed by atoms with E-state index in [1.807, 2.05) is 17.8 Å². The molecule has 0 spiro atoms. The van der Waals surface area contributed by atoms with E-state index in [0.29, 0.717) is 0 Å². The van der Waals surface area contributed by atoms with Crippen LogP contribution >= 0.6 is 11.8 Å². The second kappa shape index (κ2) is 8.27. The molecule has 7 heteroatoms. The first-order valence-electron chi connectivity index (χ1n) is 9.29. The molecule has 0 aliphatic carbocycles. The van der Waals surface area contributed by atoms with E-state index in [4.69, 9.17) is 4.98 Å². The van der Waals surface area contributed by atoms with E-state index in [2.05, 4.69) is 43.5 Å². The molecule has 0 saturated heterocycles. The van der Waals surface area contributed by atoms with Crippen molar-refractivity contribution in [3.8, 4) is 0 Å². The number of thioether (sulfide) groups is 1. The summed E-state index contributed by atoms with van der Waals surface area (Å²) < 4.78 is 28.2. The van der Waals surface area contributed by atoms with Crippen LogP contribution in [0.25, 0.3) is 11.0 Å². The van der Waals surface area contributed by atoms with Crippen LogP contribution in [-0.2, 0) is 28.1 Å². The molecule has 0 fully saturated rings. The van der Waals surface area contributed by atoms with Gasteiger partial charge in [0.25, 0.3) is 0 Å². The average molecular weight is 418 g/mol. The molecule has 1 heterocycles. The van der Waals surface area contributed by atoms with E-state index in [9.17, 15) is 8.42 Å². The molecule has 3 rings (SSSR count). The van der Waals surface area contributed by atoms with E-state index >= 15 is 0 Å². The molecule has 0 bridgehead atoms.